The van der Waals surface area contributed by atoms with Gasteiger partial charge in [0.25, 0.3) is 0 Å². The van der Waals surface area contributed by atoms with Gasteiger partial charge < -0.3 is 15.5 Å². The van der Waals surface area contributed by atoms with E-state index in [9.17, 15) is 14.0 Å². The molecule has 0 aromatic heterocycles. The number of rotatable bonds is 3. The number of carbonyl (C=O) groups excluding carboxylic acids is 2. The molecule has 1 atom stereocenters. The van der Waals surface area contributed by atoms with E-state index in [0.29, 0.717) is 18.5 Å². The molecule has 0 aliphatic carbocycles. The van der Waals surface area contributed by atoms with Gasteiger partial charge in [-0.3, -0.25) is 4.79 Å². The number of amides is 3. The fourth-order valence-corrected chi connectivity index (χ4v) is 2.01. The van der Waals surface area contributed by atoms with Crippen LogP contribution >= 0.6 is 0 Å². The number of likely N-dealkylation sites (tertiary alicyclic amines) is 1. The number of halogens is 1. The average Bonchev–Trinajstić information content (AvgIpc) is 2.67. The van der Waals surface area contributed by atoms with Crippen LogP contribution in [-0.4, -0.2) is 36.5 Å². The number of benzene rings is 1. The first-order valence-electron chi connectivity index (χ1n) is 6.08. The summed E-state index contributed by atoms with van der Waals surface area (Å²) in [6.45, 7) is 0.626. The smallest absolute Gasteiger partial charge is 0.315 e. The molecule has 1 heterocycles. The summed E-state index contributed by atoms with van der Waals surface area (Å²) in [5.41, 5.74) is 0.428. The molecule has 6 heteroatoms. The Morgan fingerprint density at radius 2 is 2.21 bits per heavy atom. The van der Waals surface area contributed by atoms with Crippen molar-refractivity contribution in [3.63, 3.8) is 0 Å². The maximum absolute atomic E-state index is 13.3. The quantitative estimate of drug-likeness (QED) is 0.851. The van der Waals surface area contributed by atoms with Crippen molar-refractivity contribution in [3.8, 4) is 0 Å². The number of hydrogen-bond donors (Lipinski definition) is 2. The van der Waals surface area contributed by atoms with E-state index in [2.05, 4.69) is 10.6 Å². The van der Waals surface area contributed by atoms with Crippen LogP contribution in [0.4, 0.5) is 9.18 Å². The molecule has 2 rings (SSSR count). The average molecular weight is 265 g/mol. The largest absolute Gasteiger partial charge is 0.344 e. The normalized spacial score (nSPS) is 18.5. The van der Waals surface area contributed by atoms with Gasteiger partial charge in [-0.1, -0.05) is 18.2 Å². The minimum atomic E-state index is -0.392. The first kappa shape index (κ1) is 13.3. The van der Waals surface area contributed by atoms with Gasteiger partial charge in [-0.2, -0.15) is 0 Å². The van der Waals surface area contributed by atoms with Gasteiger partial charge in [-0.05, 0) is 6.07 Å². The van der Waals surface area contributed by atoms with Crippen LogP contribution < -0.4 is 10.6 Å². The molecule has 0 bridgehead atoms. The Bertz CT molecular complexity index is 493. The second-order valence-electron chi connectivity index (χ2n) is 4.59. The lowest BCUT2D eigenvalue weighted by Gasteiger charge is -2.13. The van der Waals surface area contributed by atoms with Crippen LogP contribution in [0.5, 0.6) is 0 Å². The zero-order valence-corrected chi connectivity index (χ0v) is 10.6. The molecule has 19 heavy (non-hydrogen) atoms. The molecule has 2 N–H and O–H groups in total. The van der Waals surface area contributed by atoms with E-state index < -0.39 is 6.03 Å². The topological polar surface area (TPSA) is 61.4 Å². The van der Waals surface area contributed by atoms with Crippen LogP contribution in [0.15, 0.2) is 24.3 Å². The summed E-state index contributed by atoms with van der Waals surface area (Å²) < 4.78 is 13.3. The maximum atomic E-state index is 13.3. The lowest BCUT2D eigenvalue weighted by atomic mass is 10.2. The third-order valence-corrected chi connectivity index (χ3v) is 3.07. The molecule has 1 saturated heterocycles. The molecule has 0 saturated carbocycles. The zero-order valence-electron chi connectivity index (χ0n) is 10.6. The number of hydrogen-bond acceptors (Lipinski definition) is 2. The highest BCUT2D eigenvalue weighted by atomic mass is 19.1. The molecule has 1 aromatic rings. The van der Waals surface area contributed by atoms with Crippen LogP contribution in [-0.2, 0) is 11.3 Å². The van der Waals surface area contributed by atoms with Crippen molar-refractivity contribution in [3.05, 3.63) is 35.6 Å². The highest BCUT2D eigenvalue weighted by Crippen LogP contribution is 2.08. The highest BCUT2D eigenvalue weighted by molar-refractivity contribution is 5.81. The van der Waals surface area contributed by atoms with Crippen molar-refractivity contribution in [2.24, 2.45) is 0 Å². The molecule has 3 amide bonds. The van der Waals surface area contributed by atoms with Gasteiger partial charge in [0, 0.05) is 32.1 Å². The van der Waals surface area contributed by atoms with Crippen molar-refractivity contribution in [2.75, 3.05) is 13.6 Å². The van der Waals surface area contributed by atoms with E-state index >= 15 is 0 Å². The second-order valence-corrected chi connectivity index (χ2v) is 4.59. The molecule has 1 aromatic carbocycles. The van der Waals surface area contributed by atoms with Gasteiger partial charge in [0.1, 0.15) is 5.82 Å². The summed E-state index contributed by atoms with van der Waals surface area (Å²) in [7, 11) is 1.70. The zero-order chi connectivity index (χ0) is 13.8. The van der Waals surface area contributed by atoms with Crippen molar-refractivity contribution in [2.45, 2.75) is 19.0 Å². The molecule has 1 unspecified atom stereocenters. The molecule has 1 aliphatic heterocycles. The van der Waals surface area contributed by atoms with Crippen molar-refractivity contribution in [1.29, 1.82) is 0 Å². The summed E-state index contributed by atoms with van der Waals surface area (Å²) in [5, 5.41) is 5.27. The van der Waals surface area contributed by atoms with Gasteiger partial charge in [0.2, 0.25) is 5.91 Å². The maximum Gasteiger partial charge on any atom is 0.315 e. The van der Waals surface area contributed by atoms with E-state index in [-0.39, 0.29) is 24.3 Å². The van der Waals surface area contributed by atoms with Crippen molar-refractivity contribution in [1.82, 2.24) is 15.5 Å². The summed E-state index contributed by atoms with van der Waals surface area (Å²) in [4.78, 5) is 24.5. The van der Waals surface area contributed by atoms with Gasteiger partial charge in [-0.15, -0.1) is 0 Å². The Balaban J connectivity index is 1.79. The highest BCUT2D eigenvalue weighted by Gasteiger charge is 2.27. The lowest BCUT2D eigenvalue weighted by Crippen LogP contribution is -2.42. The van der Waals surface area contributed by atoms with Crippen LogP contribution in [0.2, 0.25) is 0 Å². The molecule has 1 aliphatic rings. The number of nitrogens with zero attached hydrogens (tertiary/aromatic N) is 1. The molecule has 1 fully saturated rings. The Morgan fingerprint density at radius 1 is 1.47 bits per heavy atom. The first-order valence-corrected chi connectivity index (χ1v) is 6.08. The predicted molar refractivity (Wildman–Crippen MR) is 67.8 cm³/mol. The van der Waals surface area contributed by atoms with Gasteiger partial charge in [0.15, 0.2) is 0 Å². The summed E-state index contributed by atoms with van der Waals surface area (Å²) in [6.07, 6.45) is 0.309. The minimum absolute atomic E-state index is 0.0133. The minimum Gasteiger partial charge on any atom is -0.344 e. The number of carbonyl (C=O) groups is 2. The molecule has 0 radical (unpaired) electrons. The van der Waals surface area contributed by atoms with E-state index in [1.54, 1.807) is 30.1 Å². The van der Waals surface area contributed by atoms with E-state index in [1.807, 2.05) is 0 Å². The lowest BCUT2D eigenvalue weighted by molar-refractivity contribution is -0.126. The van der Waals surface area contributed by atoms with Crippen molar-refractivity contribution >= 4 is 11.9 Å². The fourth-order valence-electron chi connectivity index (χ4n) is 2.01. The summed E-state index contributed by atoms with van der Waals surface area (Å²) in [6, 6.07) is 5.69. The van der Waals surface area contributed by atoms with Gasteiger partial charge >= 0.3 is 6.03 Å². The van der Waals surface area contributed by atoms with Crippen LogP contribution in [0.25, 0.3) is 0 Å². The predicted octanol–water partition coefficient (Wildman–Crippen LogP) is 0.856. The number of urea groups is 1. The number of likely N-dealkylation sites (N-methyl/N-ethyl adjacent to an activating group) is 1. The van der Waals surface area contributed by atoms with Crippen molar-refractivity contribution < 1.29 is 14.0 Å². The Kier molecular flexibility index (Phi) is 3.99. The summed E-state index contributed by atoms with van der Waals surface area (Å²) >= 11 is 0. The SMILES string of the molecule is CN1CC(NC(=O)NCc2ccccc2F)CC1=O. The second kappa shape index (κ2) is 5.69. The molecule has 5 nitrogen and oxygen atoms in total. The molecular formula is C13H16FN3O2. The Labute approximate surface area is 110 Å². The van der Waals surface area contributed by atoms with E-state index in [0.717, 1.165) is 0 Å². The van der Waals surface area contributed by atoms with E-state index in [4.69, 9.17) is 0 Å². The molecule has 102 valence electrons. The number of nitrogens with one attached hydrogen (secondary N) is 2. The van der Waals surface area contributed by atoms with Crippen LogP contribution in [0.3, 0.4) is 0 Å². The first-order chi connectivity index (χ1) is 9.06. The third-order valence-electron chi connectivity index (χ3n) is 3.07. The standard InChI is InChI=1S/C13H16FN3O2/c1-17-8-10(6-12(17)18)16-13(19)15-7-9-4-2-3-5-11(9)14/h2-5,10H,6-8H2,1H3,(H2,15,16,19). The molecule has 0 spiro atoms. The monoisotopic (exact) mass is 265 g/mol. The molecular weight excluding hydrogens is 249 g/mol. The third kappa shape index (κ3) is 3.43. The van der Waals surface area contributed by atoms with Gasteiger partial charge in [-0.25, -0.2) is 9.18 Å². The van der Waals surface area contributed by atoms with E-state index in [1.165, 1.54) is 6.07 Å². The van der Waals surface area contributed by atoms with Gasteiger partial charge in [0.05, 0.1) is 6.04 Å². The Morgan fingerprint density at radius 3 is 2.84 bits per heavy atom. The van der Waals surface area contributed by atoms with Crippen LogP contribution in [0.1, 0.15) is 12.0 Å². The fraction of sp³-hybridized carbons (Fsp3) is 0.385. The summed E-state index contributed by atoms with van der Waals surface area (Å²) in [5.74, 6) is -0.335. The van der Waals surface area contributed by atoms with Crippen LogP contribution in [0, 0.1) is 5.82 Å². The Hall–Kier alpha value is -2.11.